The van der Waals surface area contributed by atoms with Gasteiger partial charge in [0, 0.05) is 0 Å². The highest BCUT2D eigenvalue weighted by Crippen LogP contribution is 2.10. The fraction of sp³-hybridized carbons (Fsp3) is 0.667. The van der Waals surface area contributed by atoms with Crippen molar-refractivity contribution in [2.75, 3.05) is 0 Å². The Labute approximate surface area is 131 Å². The van der Waals surface area contributed by atoms with Crippen LogP contribution in [0.2, 0.25) is 0 Å². The van der Waals surface area contributed by atoms with E-state index in [4.69, 9.17) is 0 Å². The second-order valence-corrected chi connectivity index (χ2v) is 6.10. The third-order valence-electron chi connectivity index (χ3n) is 4.26. The second kappa shape index (κ2) is 8.16. The molecule has 2 rings (SSSR count). The van der Waals surface area contributed by atoms with Crippen LogP contribution in [0.5, 0.6) is 0 Å². The van der Waals surface area contributed by atoms with Crippen molar-refractivity contribution < 1.29 is 0 Å². The number of rotatable bonds is 10. The van der Waals surface area contributed by atoms with E-state index >= 15 is 0 Å². The molecule has 2 heterocycles. The third kappa shape index (κ3) is 3.79. The Hall–Kier alpha value is -1.58. The van der Waals surface area contributed by atoms with Gasteiger partial charge in [0.1, 0.15) is 0 Å². The van der Waals surface area contributed by atoms with Crippen molar-refractivity contribution in [1.29, 1.82) is 0 Å². The molecule has 2 aliphatic heterocycles. The molecule has 0 radical (unpaired) electrons. The van der Waals surface area contributed by atoms with Crippen LogP contribution in [0.15, 0.2) is 9.59 Å². The lowest BCUT2D eigenvalue weighted by Crippen LogP contribution is -2.08. The number of aryl methyl sites for hydroxylation is 2. The largest absolute Gasteiger partial charge is 0.279 e. The normalized spacial score (nSPS) is 11.5. The van der Waals surface area contributed by atoms with Crippen LogP contribution in [0.1, 0.15) is 76.6 Å². The summed E-state index contributed by atoms with van der Waals surface area (Å²) in [5.41, 5.74) is 0.850. The summed E-state index contributed by atoms with van der Waals surface area (Å²) in [6.45, 7) is 4.33. The number of nitrogens with zero attached hydrogens (tertiary/aromatic N) is 2. The molecule has 2 aliphatic rings. The predicted octanol–water partition coefficient (Wildman–Crippen LogP) is 3.04. The molecule has 120 valence electrons. The Bertz CT molecular complexity index is 666. The summed E-state index contributed by atoms with van der Waals surface area (Å²) < 4.78 is 0. The van der Waals surface area contributed by atoms with Crippen LogP contribution in [0.25, 0.3) is 0 Å². The van der Waals surface area contributed by atoms with E-state index in [1.807, 2.05) is 0 Å². The van der Waals surface area contributed by atoms with Crippen LogP contribution in [0.4, 0.5) is 0 Å². The van der Waals surface area contributed by atoms with Crippen molar-refractivity contribution in [3.63, 3.8) is 0 Å². The van der Waals surface area contributed by atoms with Gasteiger partial charge in [-0.2, -0.15) is 0 Å². The van der Waals surface area contributed by atoms with E-state index < -0.39 is 0 Å². The van der Waals surface area contributed by atoms with E-state index in [1.54, 1.807) is 0 Å². The van der Waals surface area contributed by atoms with Gasteiger partial charge in [0.15, 0.2) is 0 Å². The Kier molecular flexibility index (Phi) is 6.22. The van der Waals surface area contributed by atoms with Crippen LogP contribution in [-0.4, -0.2) is 9.97 Å². The standard InChI is InChI=1S/C18H26N2O2/c1-3-5-7-9-11-13-15-16(18(22)19-13)14(20-17(15)21)12-10-8-6-4-2/h3-12H2,1-2H3. The third-order valence-corrected chi connectivity index (χ3v) is 4.26. The molecular weight excluding hydrogens is 276 g/mol. The molecule has 0 atom stereocenters. The number of hydrogen-bond donors (Lipinski definition) is 0. The zero-order chi connectivity index (χ0) is 15.9. The van der Waals surface area contributed by atoms with E-state index in [-0.39, 0.29) is 11.1 Å². The van der Waals surface area contributed by atoms with Crippen molar-refractivity contribution in [1.82, 2.24) is 9.97 Å². The highest BCUT2D eigenvalue weighted by molar-refractivity contribution is 5.22. The number of unbranched alkanes of at least 4 members (excludes halogenated alkanes) is 6. The predicted molar refractivity (Wildman–Crippen MR) is 87.9 cm³/mol. The summed E-state index contributed by atoms with van der Waals surface area (Å²) in [6, 6.07) is 0. The zero-order valence-electron chi connectivity index (χ0n) is 13.8. The summed E-state index contributed by atoms with van der Waals surface area (Å²) in [5.74, 6) is 0. The van der Waals surface area contributed by atoms with Crippen LogP contribution in [-0.2, 0) is 12.8 Å². The molecule has 22 heavy (non-hydrogen) atoms. The molecule has 0 aliphatic carbocycles. The second-order valence-electron chi connectivity index (χ2n) is 6.10. The van der Waals surface area contributed by atoms with E-state index in [2.05, 4.69) is 23.8 Å². The lowest BCUT2D eigenvalue weighted by atomic mass is 10.1. The van der Waals surface area contributed by atoms with Gasteiger partial charge in [-0.3, -0.25) is 9.59 Å². The maximum Gasteiger partial charge on any atom is 0.279 e. The molecule has 0 bridgehead atoms. The molecule has 0 fully saturated rings. The Morgan fingerprint density at radius 2 is 1.05 bits per heavy atom. The fourth-order valence-electron chi connectivity index (χ4n) is 3.02. The molecule has 0 N–H and O–H groups in total. The van der Waals surface area contributed by atoms with Crippen LogP contribution < -0.4 is 11.1 Å². The first-order valence-electron chi connectivity index (χ1n) is 8.67. The lowest BCUT2D eigenvalue weighted by molar-refractivity contribution is 0.659. The summed E-state index contributed by atoms with van der Waals surface area (Å²) in [4.78, 5) is 32.5. The SMILES string of the molecule is CCCCCCc1nc(=O)c2c(CCCCCC)nc(=O)c1=2. The fourth-order valence-corrected chi connectivity index (χ4v) is 3.02. The van der Waals surface area contributed by atoms with Crippen molar-refractivity contribution in [3.8, 4) is 0 Å². The lowest BCUT2D eigenvalue weighted by Gasteiger charge is -1.96. The topological polar surface area (TPSA) is 59.9 Å². The summed E-state index contributed by atoms with van der Waals surface area (Å²) in [7, 11) is 0. The molecule has 0 saturated heterocycles. The summed E-state index contributed by atoms with van der Waals surface area (Å²) >= 11 is 0. The minimum absolute atomic E-state index is 0.249. The van der Waals surface area contributed by atoms with Gasteiger partial charge in [0.2, 0.25) is 0 Å². The molecule has 4 nitrogen and oxygen atoms in total. The molecular formula is C18H26N2O2. The van der Waals surface area contributed by atoms with Gasteiger partial charge in [-0.05, 0) is 25.7 Å². The first kappa shape index (κ1) is 16.8. The Balaban J connectivity index is 2.17. The van der Waals surface area contributed by atoms with Crippen LogP contribution in [0, 0.1) is 10.4 Å². The van der Waals surface area contributed by atoms with Crippen molar-refractivity contribution >= 4 is 0 Å². The number of aromatic nitrogens is 2. The molecule has 0 unspecified atom stereocenters. The van der Waals surface area contributed by atoms with E-state index in [1.165, 1.54) is 25.7 Å². The molecule has 0 saturated carbocycles. The Morgan fingerprint density at radius 1 is 0.636 bits per heavy atom. The van der Waals surface area contributed by atoms with Crippen molar-refractivity contribution in [3.05, 3.63) is 42.5 Å². The van der Waals surface area contributed by atoms with Gasteiger partial charge < -0.3 is 0 Å². The Morgan fingerprint density at radius 3 is 1.41 bits per heavy atom. The van der Waals surface area contributed by atoms with E-state index in [0.29, 0.717) is 21.8 Å². The highest BCUT2D eigenvalue weighted by atomic mass is 16.1. The number of hydrogen-bond acceptors (Lipinski definition) is 4. The van der Waals surface area contributed by atoms with Crippen molar-refractivity contribution in [2.45, 2.75) is 78.1 Å². The van der Waals surface area contributed by atoms with Gasteiger partial charge >= 0.3 is 0 Å². The highest BCUT2D eigenvalue weighted by Gasteiger charge is 2.16. The summed E-state index contributed by atoms with van der Waals surface area (Å²) in [6.07, 6.45) is 10.3. The maximum absolute atomic E-state index is 12.1. The monoisotopic (exact) mass is 302 g/mol. The minimum atomic E-state index is -0.249. The van der Waals surface area contributed by atoms with Crippen molar-refractivity contribution in [2.24, 2.45) is 0 Å². The first-order valence-corrected chi connectivity index (χ1v) is 8.67. The van der Waals surface area contributed by atoms with E-state index in [9.17, 15) is 9.59 Å². The first-order chi connectivity index (χ1) is 10.7. The molecule has 4 heteroatoms. The van der Waals surface area contributed by atoms with Gasteiger partial charge in [-0.15, -0.1) is 0 Å². The van der Waals surface area contributed by atoms with Gasteiger partial charge in [0.05, 0.1) is 21.8 Å². The average molecular weight is 302 g/mol. The molecule has 0 aromatic rings. The average Bonchev–Trinajstić information content (AvgIpc) is 3.00. The zero-order valence-corrected chi connectivity index (χ0v) is 13.8. The summed E-state index contributed by atoms with van der Waals surface area (Å²) in [5, 5.41) is 1.01. The molecule has 0 aromatic heterocycles. The van der Waals surface area contributed by atoms with Gasteiger partial charge in [-0.25, -0.2) is 9.97 Å². The molecule has 0 spiro atoms. The quantitative estimate of drug-likeness (QED) is 0.633. The van der Waals surface area contributed by atoms with Gasteiger partial charge in [-0.1, -0.05) is 52.4 Å². The van der Waals surface area contributed by atoms with E-state index in [0.717, 1.165) is 38.5 Å². The molecule has 0 aromatic carbocycles. The molecule has 0 amide bonds. The minimum Gasteiger partial charge on any atom is -0.267 e. The van der Waals surface area contributed by atoms with Gasteiger partial charge in [0.25, 0.3) is 11.1 Å². The smallest absolute Gasteiger partial charge is 0.267 e. The van der Waals surface area contributed by atoms with Crippen LogP contribution >= 0.6 is 0 Å². The van der Waals surface area contributed by atoms with Crippen LogP contribution in [0.3, 0.4) is 0 Å². The maximum atomic E-state index is 12.1.